The molecule has 0 aliphatic rings. The molecular weight excluding hydrogens is 350 g/mol. The van der Waals surface area contributed by atoms with Crippen molar-refractivity contribution in [3.63, 3.8) is 0 Å². The maximum Gasteiger partial charge on any atom is 0.225 e. The molecule has 26 heavy (non-hydrogen) atoms. The number of aromatic hydroxyl groups is 1. The third-order valence-electron chi connectivity index (χ3n) is 3.40. The summed E-state index contributed by atoms with van der Waals surface area (Å²) < 4.78 is 0. The van der Waals surface area contributed by atoms with Crippen LogP contribution in [0.4, 0.5) is 17.5 Å². The second kappa shape index (κ2) is 7.17. The Balaban J connectivity index is 2.01. The minimum Gasteiger partial charge on any atom is -0.508 e. The Morgan fingerprint density at radius 3 is 2.38 bits per heavy atom. The zero-order valence-electron chi connectivity index (χ0n) is 14.8. The number of hydrogen-bond acceptors (Lipinski definition) is 6. The van der Waals surface area contributed by atoms with E-state index in [2.05, 4.69) is 25.6 Å². The first-order chi connectivity index (χ1) is 12.3. The van der Waals surface area contributed by atoms with Gasteiger partial charge in [0, 0.05) is 35.6 Å². The van der Waals surface area contributed by atoms with Gasteiger partial charge in [0.2, 0.25) is 5.95 Å². The van der Waals surface area contributed by atoms with Crippen LogP contribution >= 0.6 is 11.6 Å². The predicted molar refractivity (Wildman–Crippen MR) is 105 cm³/mol. The van der Waals surface area contributed by atoms with Crippen LogP contribution in [0.25, 0.3) is 11.3 Å². The highest BCUT2D eigenvalue weighted by molar-refractivity contribution is 6.33. The van der Waals surface area contributed by atoms with Gasteiger partial charge in [-0.3, -0.25) is 4.98 Å². The third kappa shape index (κ3) is 4.61. The van der Waals surface area contributed by atoms with Gasteiger partial charge in [0.25, 0.3) is 0 Å². The summed E-state index contributed by atoms with van der Waals surface area (Å²) in [4.78, 5) is 13.2. The SMILES string of the molecule is CC(C)(C)Nc1nc(Nc2ccc(O)cc2Cl)cc(-c2ccncc2)n1. The molecule has 0 spiro atoms. The molecule has 2 heterocycles. The van der Waals surface area contributed by atoms with E-state index in [9.17, 15) is 5.11 Å². The van der Waals surface area contributed by atoms with Gasteiger partial charge in [0.05, 0.1) is 16.4 Å². The molecule has 2 aromatic heterocycles. The highest BCUT2D eigenvalue weighted by Crippen LogP contribution is 2.30. The maximum atomic E-state index is 9.51. The number of rotatable bonds is 4. The highest BCUT2D eigenvalue weighted by atomic mass is 35.5. The van der Waals surface area contributed by atoms with Crippen LogP contribution in [0, 0.1) is 0 Å². The lowest BCUT2D eigenvalue weighted by Crippen LogP contribution is -2.27. The van der Waals surface area contributed by atoms with Crippen LogP contribution in [0.5, 0.6) is 5.75 Å². The molecule has 134 valence electrons. The van der Waals surface area contributed by atoms with Crippen LogP contribution in [0.3, 0.4) is 0 Å². The van der Waals surface area contributed by atoms with E-state index in [1.54, 1.807) is 24.5 Å². The van der Waals surface area contributed by atoms with Gasteiger partial charge >= 0.3 is 0 Å². The summed E-state index contributed by atoms with van der Waals surface area (Å²) in [5, 5.41) is 16.4. The number of hydrogen-bond donors (Lipinski definition) is 3. The number of nitrogens with one attached hydrogen (secondary N) is 2. The fourth-order valence-electron chi connectivity index (χ4n) is 2.32. The average molecular weight is 370 g/mol. The number of benzene rings is 1. The molecule has 3 aromatic rings. The average Bonchev–Trinajstić information content (AvgIpc) is 2.56. The summed E-state index contributed by atoms with van der Waals surface area (Å²) in [7, 11) is 0. The van der Waals surface area contributed by atoms with Crippen molar-refractivity contribution >= 4 is 29.1 Å². The monoisotopic (exact) mass is 369 g/mol. The van der Waals surface area contributed by atoms with E-state index in [4.69, 9.17) is 11.6 Å². The summed E-state index contributed by atoms with van der Waals surface area (Å²) in [5.41, 5.74) is 2.14. The van der Waals surface area contributed by atoms with E-state index in [1.165, 1.54) is 6.07 Å². The Morgan fingerprint density at radius 1 is 1.00 bits per heavy atom. The molecule has 3 N–H and O–H groups in total. The minimum atomic E-state index is -0.190. The summed E-state index contributed by atoms with van der Waals surface area (Å²) in [5.74, 6) is 1.20. The van der Waals surface area contributed by atoms with Gasteiger partial charge in [-0.1, -0.05) is 11.6 Å². The topological polar surface area (TPSA) is 83.0 Å². The lowest BCUT2D eigenvalue weighted by atomic mass is 10.1. The molecule has 6 nitrogen and oxygen atoms in total. The van der Waals surface area contributed by atoms with Gasteiger partial charge in [0.15, 0.2) is 0 Å². The van der Waals surface area contributed by atoms with Crippen molar-refractivity contribution < 1.29 is 5.11 Å². The fourth-order valence-corrected chi connectivity index (χ4v) is 2.54. The number of halogens is 1. The summed E-state index contributed by atoms with van der Waals surface area (Å²) in [6.07, 6.45) is 3.44. The molecule has 0 saturated heterocycles. The summed E-state index contributed by atoms with van der Waals surface area (Å²) >= 11 is 6.19. The summed E-state index contributed by atoms with van der Waals surface area (Å²) in [6.45, 7) is 6.12. The largest absolute Gasteiger partial charge is 0.508 e. The van der Waals surface area contributed by atoms with Crippen LogP contribution in [0.2, 0.25) is 5.02 Å². The predicted octanol–water partition coefficient (Wildman–Crippen LogP) is 4.85. The second-order valence-electron chi connectivity index (χ2n) is 6.86. The smallest absolute Gasteiger partial charge is 0.225 e. The Morgan fingerprint density at radius 2 is 1.73 bits per heavy atom. The Bertz CT molecular complexity index is 910. The molecule has 3 rings (SSSR count). The lowest BCUT2D eigenvalue weighted by Gasteiger charge is -2.21. The zero-order chi connectivity index (χ0) is 18.7. The standard InChI is InChI=1S/C19H20ClN5O/c1-19(2,3)25-18-23-16(12-6-8-21-9-7-12)11-17(24-18)22-15-5-4-13(26)10-14(15)20/h4-11,26H,1-3H3,(H2,22,23,24,25). The molecule has 0 aliphatic carbocycles. The third-order valence-corrected chi connectivity index (χ3v) is 3.72. The normalized spacial score (nSPS) is 11.2. The molecule has 0 bridgehead atoms. The van der Waals surface area contributed by atoms with Crippen LogP contribution in [-0.4, -0.2) is 25.6 Å². The Labute approximate surface area is 157 Å². The number of pyridine rings is 1. The molecule has 0 unspecified atom stereocenters. The fraction of sp³-hybridized carbons (Fsp3) is 0.211. The van der Waals surface area contributed by atoms with E-state index in [1.807, 2.05) is 39.0 Å². The lowest BCUT2D eigenvalue weighted by molar-refractivity contribution is 0.475. The highest BCUT2D eigenvalue weighted by Gasteiger charge is 2.14. The first-order valence-corrected chi connectivity index (χ1v) is 8.51. The number of phenols is 1. The van der Waals surface area contributed by atoms with Gasteiger partial charge in [-0.05, 0) is 45.0 Å². The van der Waals surface area contributed by atoms with Crippen molar-refractivity contribution in [2.24, 2.45) is 0 Å². The maximum absolute atomic E-state index is 9.51. The van der Waals surface area contributed by atoms with Crippen molar-refractivity contribution in [2.45, 2.75) is 26.3 Å². The quantitative estimate of drug-likeness (QED) is 0.570. The van der Waals surface area contributed by atoms with E-state index in [0.29, 0.717) is 22.5 Å². The van der Waals surface area contributed by atoms with Gasteiger partial charge in [-0.15, -0.1) is 0 Å². The van der Waals surface area contributed by atoms with Crippen LogP contribution in [0.15, 0.2) is 48.8 Å². The number of nitrogens with zero attached hydrogens (tertiary/aromatic N) is 3. The first kappa shape index (κ1) is 17.9. The minimum absolute atomic E-state index is 0.107. The van der Waals surface area contributed by atoms with Crippen molar-refractivity contribution in [3.05, 3.63) is 53.8 Å². The molecule has 0 saturated carbocycles. The zero-order valence-corrected chi connectivity index (χ0v) is 15.5. The number of aromatic nitrogens is 3. The van der Waals surface area contributed by atoms with Crippen molar-refractivity contribution in [2.75, 3.05) is 10.6 Å². The van der Waals surface area contributed by atoms with Crippen molar-refractivity contribution in [1.82, 2.24) is 15.0 Å². The molecule has 0 radical (unpaired) electrons. The number of anilines is 3. The van der Waals surface area contributed by atoms with Gasteiger partial charge in [-0.2, -0.15) is 4.98 Å². The Kier molecular flexibility index (Phi) is 4.95. The summed E-state index contributed by atoms with van der Waals surface area (Å²) in [6, 6.07) is 10.4. The molecule has 0 amide bonds. The van der Waals surface area contributed by atoms with Crippen molar-refractivity contribution in [1.29, 1.82) is 0 Å². The van der Waals surface area contributed by atoms with E-state index < -0.39 is 0 Å². The van der Waals surface area contributed by atoms with Crippen LogP contribution in [0.1, 0.15) is 20.8 Å². The van der Waals surface area contributed by atoms with Crippen molar-refractivity contribution in [3.8, 4) is 17.0 Å². The van der Waals surface area contributed by atoms with Crippen LogP contribution < -0.4 is 10.6 Å². The second-order valence-corrected chi connectivity index (χ2v) is 7.27. The Hall–Kier alpha value is -2.86. The van der Waals surface area contributed by atoms with Crippen LogP contribution in [-0.2, 0) is 0 Å². The van der Waals surface area contributed by atoms with Gasteiger partial charge < -0.3 is 15.7 Å². The van der Waals surface area contributed by atoms with E-state index in [0.717, 1.165) is 11.3 Å². The van der Waals surface area contributed by atoms with Gasteiger partial charge in [0.1, 0.15) is 11.6 Å². The first-order valence-electron chi connectivity index (χ1n) is 8.13. The molecule has 0 atom stereocenters. The molecular formula is C19H20ClN5O. The molecule has 0 fully saturated rings. The van der Waals surface area contributed by atoms with E-state index >= 15 is 0 Å². The molecule has 0 aliphatic heterocycles. The molecule has 7 heteroatoms. The van der Waals surface area contributed by atoms with E-state index in [-0.39, 0.29) is 11.3 Å². The molecule has 1 aromatic carbocycles. The van der Waals surface area contributed by atoms with Gasteiger partial charge in [-0.25, -0.2) is 4.98 Å². The number of phenolic OH excluding ortho intramolecular Hbond substituents is 1.